The molecule has 1 aliphatic carbocycles. The van der Waals surface area contributed by atoms with Crippen molar-refractivity contribution >= 4 is 5.91 Å². The molecule has 0 spiro atoms. The van der Waals surface area contributed by atoms with E-state index in [4.69, 9.17) is 4.74 Å². The van der Waals surface area contributed by atoms with Crippen LogP contribution in [0.1, 0.15) is 34.3 Å². The molecule has 3 heteroatoms. The number of amides is 1. The second kappa shape index (κ2) is 5.58. The monoisotopic (exact) mass is 293 g/mol. The lowest BCUT2D eigenvalue weighted by Crippen LogP contribution is -2.38. The second-order valence-corrected chi connectivity index (χ2v) is 6.07. The third-order valence-electron chi connectivity index (χ3n) is 4.62. The zero-order valence-electron chi connectivity index (χ0n) is 12.5. The van der Waals surface area contributed by atoms with Crippen molar-refractivity contribution in [2.75, 3.05) is 13.2 Å². The summed E-state index contributed by atoms with van der Waals surface area (Å²) < 4.78 is 5.34. The van der Waals surface area contributed by atoms with Gasteiger partial charge in [-0.25, -0.2) is 0 Å². The molecule has 0 bridgehead atoms. The molecule has 0 saturated carbocycles. The van der Waals surface area contributed by atoms with Crippen LogP contribution < -0.4 is 5.32 Å². The summed E-state index contributed by atoms with van der Waals surface area (Å²) in [7, 11) is 0. The maximum absolute atomic E-state index is 12.5. The number of rotatable bonds is 2. The number of carbonyl (C=O) groups is 1. The van der Waals surface area contributed by atoms with Gasteiger partial charge in [-0.15, -0.1) is 0 Å². The molecule has 2 aromatic carbocycles. The first-order chi connectivity index (χ1) is 10.8. The summed E-state index contributed by atoms with van der Waals surface area (Å²) in [6.45, 7) is 1.48. The largest absolute Gasteiger partial charge is 0.381 e. The van der Waals surface area contributed by atoms with Crippen molar-refractivity contribution < 1.29 is 9.53 Å². The molecule has 1 heterocycles. The van der Waals surface area contributed by atoms with E-state index >= 15 is 0 Å². The van der Waals surface area contributed by atoms with E-state index < -0.39 is 0 Å². The van der Waals surface area contributed by atoms with Crippen molar-refractivity contribution in [1.82, 2.24) is 5.32 Å². The predicted octanol–water partition coefficient (Wildman–Crippen LogP) is 3.17. The highest BCUT2D eigenvalue weighted by Gasteiger charge is 2.21. The molecule has 22 heavy (non-hydrogen) atoms. The van der Waals surface area contributed by atoms with Gasteiger partial charge in [0, 0.05) is 24.8 Å². The highest BCUT2D eigenvalue weighted by atomic mass is 16.5. The molecule has 3 nitrogen and oxygen atoms in total. The first-order valence-corrected chi connectivity index (χ1v) is 7.91. The predicted molar refractivity (Wildman–Crippen MR) is 86.0 cm³/mol. The smallest absolute Gasteiger partial charge is 0.251 e. The summed E-state index contributed by atoms with van der Waals surface area (Å²) in [5.74, 6) is 0.0269. The number of carbonyl (C=O) groups excluding carboxylic acids is 1. The van der Waals surface area contributed by atoms with E-state index in [-0.39, 0.29) is 11.9 Å². The molecule has 112 valence electrons. The molecule has 1 aliphatic heterocycles. The van der Waals surface area contributed by atoms with Crippen LogP contribution in [0.3, 0.4) is 0 Å². The Labute approximate surface area is 130 Å². The van der Waals surface area contributed by atoms with E-state index in [2.05, 4.69) is 35.6 Å². The van der Waals surface area contributed by atoms with Crippen molar-refractivity contribution in [3.63, 3.8) is 0 Å². The average molecular weight is 293 g/mol. The Balaban J connectivity index is 1.58. The molecule has 1 saturated heterocycles. The zero-order chi connectivity index (χ0) is 14.9. The van der Waals surface area contributed by atoms with Gasteiger partial charge in [0.25, 0.3) is 5.91 Å². The van der Waals surface area contributed by atoms with Crippen LogP contribution in [0.2, 0.25) is 0 Å². The Morgan fingerprint density at radius 3 is 2.64 bits per heavy atom. The highest BCUT2D eigenvalue weighted by molar-refractivity contribution is 5.96. The van der Waals surface area contributed by atoms with Gasteiger partial charge in [-0.3, -0.25) is 4.79 Å². The van der Waals surface area contributed by atoms with Crippen molar-refractivity contribution in [2.45, 2.75) is 25.3 Å². The molecule has 0 atom stereocenters. The van der Waals surface area contributed by atoms with Crippen LogP contribution in [0.5, 0.6) is 0 Å². The Hall–Kier alpha value is -2.13. The van der Waals surface area contributed by atoms with Gasteiger partial charge < -0.3 is 10.1 Å². The molecule has 2 aromatic rings. The van der Waals surface area contributed by atoms with E-state index in [1.54, 1.807) is 0 Å². The van der Waals surface area contributed by atoms with E-state index in [0.29, 0.717) is 0 Å². The summed E-state index contributed by atoms with van der Waals surface area (Å²) in [6.07, 6.45) is 2.77. The summed E-state index contributed by atoms with van der Waals surface area (Å²) >= 11 is 0. The lowest BCUT2D eigenvalue weighted by Gasteiger charge is -2.23. The fourth-order valence-electron chi connectivity index (χ4n) is 3.38. The summed E-state index contributed by atoms with van der Waals surface area (Å²) in [6, 6.07) is 14.7. The van der Waals surface area contributed by atoms with E-state index in [0.717, 1.165) is 38.0 Å². The molecular formula is C19H19NO2. The number of nitrogens with one attached hydrogen (secondary N) is 1. The van der Waals surface area contributed by atoms with E-state index in [1.807, 2.05) is 12.1 Å². The topological polar surface area (TPSA) is 38.3 Å². The molecular weight excluding hydrogens is 274 g/mol. The van der Waals surface area contributed by atoms with Gasteiger partial charge in [-0.2, -0.15) is 0 Å². The number of fused-ring (bicyclic) bond motifs is 3. The van der Waals surface area contributed by atoms with Gasteiger partial charge in [-0.05, 0) is 53.6 Å². The lowest BCUT2D eigenvalue weighted by atomic mass is 10.0. The molecule has 0 radical (unpaired) electrons. The van der Waals surface area contributed by atoms with Crippen molar-refractivity contribution in [1.29, 1.82) is 0 Å². The molecule has 4 rings (SSSR count). The van der Waals surface area contributed by atoms with Crippen LogP contribution in [0.4, 0.5) is 0 Å². The maximum atomic E-state index is 12.5. The van der Waals surface area contributed by atoms with Crippen LogP contribution in [-0.4, -0.2) is 25.2 Å². The Morgan fingerprint density at radius 2 is 1.77 bits per heavy atom. The van der Waals surface area contributed by atoms with Gasteiger partial charge in [-0.1, -0.05) is 30.3 Å². The van der Waals surface area contributed by atoms with Gasteiger partial charge >= 0.3 is 0 Å². The number of hydrogen-bond acceptors (Lipinski definition) is 2. The third-order valence-corrected chi connectivity index (χ3v) is 4.62. The summed E-state index contributed by atoms with van der Waals surface area (Å²) in [4.78, 5) is 12.5. The van der Waals surface area contributed by atoms with Crippen LogP contribution in [0.25, 0.3) is 11.1 Å². The minimum atomic E-state index is 0.0269. The Bertz CT molecular complexity index is 717. The Kier molecular flexibility index (Phi) is 3.43. The van der Waals surface area contributed by atoms with Crippen LogP contribution in [-0.2, 0) is 11.2 Å². The first kappa shape index (κ1) is 13.5. The fourth-order valence-corrected chi connectivity index (χ4v) is 3.38. The van der Waals surface area contributed by atoms with Crippen LogP contribution >= 0.6 is 0 Å². The summed E-state index contributed by atoms with van der Waals surface area (Å²) in [5, 5.41) is 3.13. The molecule has 0 unspecified atom stereocenters. The van der Waals surface area contributed by atoms with E-state index in [1.165, 1.54) is 22.3 Å². The van der Waals surface area contributed by atoms with Crippen molar-refractivity contribution in [2.24, 2.45) is 0 Å². The van der Waals surface area contributed by atoms with Gasteiger partial charge in [0.15, 0.2) is 0 Å². The molecule has 1 fully saturated rings. The second-order valence-electron chi connectivity index (χ2n) is 6.07. The minimum Gasteiger partial charge on any atom is -0.381 e. The minimum absolute atomic E-state index is 0.0269. The van der Waals surface area contributed by atoms with Gasteiger partial charge in [0.1, 0.15) is 0 Å². The quantitative estimate of drug-likeness (QED) is 0.788. The molecule has 1 N–H and O–H groups in total. The van der Waals surface area contributed by atoms with Crippen LogP contribution in [0.15, 0.2) is 42.5 Å². The van der Waals surface area contributed by atoms with Gasteiger partial charge in [0.2, 0.25) is 0 Å². The van der Waals surface area contributed by atoms with Gasteiger partial charge in [0.05, 0.1) is 0 Å². The van der Waals surface area contributed by atoms with Crippen molar-refractivity contribution in [3.05, 3.63) is 59.2 Å². The number of ether oxygens (including phenoxy) is 1. The first-order valence-electron chi connectivity index (χ1n) is 7.91. The van der Waals surface area contributed by atoms with E-state index in [9.17, 15) is 4.79 Å². The number of hydrogen-bond donors (Lipinski definition) is 1. The van der Waals surface area contributed by atoms with Crippen molar-refractivity contribution in [3.8, 4) is 11.1 Å². The van der Waals surface area contributed by atoms with Crippen LogP contribution in [0, 0.1) is 0 Å². The average Bonchev–Trinajstić information content (AvgIpc) is 2.93. The Morgan fingerprint density at radius 1 is 1.00 bits per heavy atom. The fraction of sp³-hybridized carbons (Fsp3) is 0.316. The lowest BCUT2D eigenvalue weighted by molar-refractivity contribution is 0.0696. The summed E-state index contributed by atoms with van der Waals surface area (Å²) in [5.41, 5.74) is 5.87. The standard InChI is InChI=1S/C19H19NO2/c21-19(20-16-7-9-22-10-8-16)15-6-5-14-11-13-3-1-2-4-17(13)18(14)12-15/h1-6,12,16H,7-11H2,(H,20,21). The normalized spacial score (nSPS) is 16.9. The maximum Gasteiger partial charge on any atom is 0.251 e. The number of benzene rings is 2. The molecule has 0 aromatic heterocycles. The SMILES string of the molecule is O=C(NC1CCOCC1)c1ccc2c(c1)-c1ccccc1C2. The zero-order valence-corrected chi connectivity index (χ0v) is 12.5. The molecule has 1 amide bonds. The highest BCUT2D eigenvalue weighted by Crippen LogP contribution is 2.36. The third kappa shape index (κ3) is 2.42. The molecule has 2 aliphatic rings.